The van der Waals surface area contributed by atoms with Gasteiger partial charge in [-0.2, -0.15) is 0 Å². The number of aromatic nitrogens is 1. The Morgan fingerprint density at radius 1 is 1.12 bits per heavy atom. The van der Waals surface area contributed by atoms with Crippen LogP contribution in [0, 0.1) is 13.8 Å². The van der Waals surface area contributed by atoms with Crippen molar-refractivity contribution in [2.75, 3.05) is 13.2 Å². The van der Waals surface area contributed by atoms with Gasteiger partial charge in [0.25, 0.3) is 5.91 Å². The number of carbonyl (C=O) groups is 2. The van der Waals surface area contributed by atoms with E-state index in [0.29, 0.717) is 42.2 Å². The molecule has 128 valence electrons. The summed E-state index contributed by atoms with van der Waals surface area (Å²) in [6.45, 7) is 8.69. The average Bonchev–Trinajstić information content (AvgIpc) is 2.87. The van der Waals surface area contributed by atoms with Crippen LogP contribution in [0.4, 0.5) is 0 Å². The van der Waals surface area contributed by atoms with Gasteiger partial charge in [0.1, 0.15) is 5.69 Å². The van der Waals surface area contributed by atoms with Crippen LogP contribution in [0.3, 0.4) is 0 Å². The Bertz CT molecular complexity index is 720. The molecule has 0 bridgehead atoms. The first kappa shape index (κ1) is 17.8. The Morgan fingerprint density at radius 2 is 1.79 bits per heavy atom. The monoisotopic (exact) mass is 328 g/mol. The molecule has 0 saturated carbocycles. The molecule has 0 atom stereocenters. The third-order valence-electron chi connectivity index (χ3n) is 4.02. The van der Waals surface area contributed by atoms with Crippen molar-refractivity contribution in [2.45, 2.75) is 34.2 Å². The van der Waals surface area contributed by atoms with Crippen molar-refractivity contribution in [3.8, 4) is 0 Å². The fourth-order valence-corrected chi connectivity index (χ4v) is 2.76. The first-order chi connectivity index (χ1) is 11.5. The van der Waals surface area contributed by atoms with Crippen molar-refractivity contribution >= 4 is 11.9 Å². The zero-order valence-electron chi connectivity index (χ0n) is 14.7. The number of hydrogen-bond donors (Lipinski definition) is 1. The van der Waals surface area contributed by atoms with Crippen molar-refractivity contribution in [1.29, 1.82) is 0 Å². The molecular weight excluding hydrogens is 304 g/mol. The molecule has 0 radical (unpaired) electrons. The maximum atomic E-state index is 12.9. The third kappa shape index (κ3) is 3.67. The van der Waals surface area contributed by atoms with E-state index < -0.39 is 5.97 Å². The molecule has 0 saturated heterocycles. The van der Waals surface area contributed by atoms with Crippen molar-refractivity contribution in [1.82, 2.24) is 9.88 Å². The first-order valence-electron chi connectivity index (χ1n) is 8.19. The van der Waals surface area contributed by atoms with Crippen LogP contribution >= 0.6 is 0 Å². The Morgan fingerprint density at radius 3 is 2.38 bits per heavy atom. The van der Waals surface area contributed by atoms with Gasteiger partial charge in [-0.3, -0.25) is 4.79 Å². The van der Waals surface area contributed by atoms with Gasteiger partial charge in [-0.05, 0) is 38.8 Å². The number of carbonyl (C=O) groups excluding carboxylic acids is 2. The van der Waals surface area contributed by atoms with Crippen molar-refractivity contribution in [2.24, 2.45) is 0 Å². The molecular formula is C19H24N2O3. The molecule has 5 heteroatoms. The number of H-pyrrole nitrogens is 1. The summed E-state index contributed by atoms with van der Waals surface area (Å²) in [5, 5.41) is 0. The topological polar surface area (TPSA) is 62.4 Å². The van der Waals surface area contributed by atoms with E-state index in [4.69, 9.17) is 4.74 Å². The maximum absolute atomic E-state index is 12.9. The van der Waals surface area contributed by atoms with Crippen molar-refractivity contribution < 1.29 is 14.3 Å². The van der Waals surface area contributed by atoms with E-state index in [0.717, 1.165) is 5.56 Å². The average molecular weight is 328 g/mol. The third-order valence-corrected chi connectivity index (χ3v) is 4.02. The number of amides is 1. The summed E-state index contributed by atoms with van der Waals surface area (Å²) in [5.41, 5.74) is 3.27. The number of aromatic amines is 1. The molecule has 1 aromatic carbocycles. The molecule has 0 unspecified atom stereocenters. The summed E-state index contributed by atoms with van der Waals surface area (Å²) < 4.78 is 5.08. The van der Waals surface area contributed by atoms with Crippen molar-refractivity contribution in [3.05, 3.63) is 58.4 Å². The van der Waals surface area contributed by atoms with Gasteiger partial charge in [0.05, 0.1) is 12.2 Å². The highest BCUT2D eigenvalue weighted by atomic mass is 16.5. The minimum absolute atomic E-state index is 0.113. The van der Waals surface area contributed by atoms with E-state index >= 15 is 0 Å². The van der Waals surface area contributed by atoms with E-state index in [-0.39, 0.29) is 5.91 Å². The van der Waals surface area contributed by atoms with Gasteiger partial charge in [0.15, 0.2) is 0 Å². The van der Waals surface area contributed by atoms with E-state index in [1.54, 1.807) is 25.7 Å². The molecule has 0 aliphatic heterocycles. The van der Waals surface area contributed by atoms with Crippen LogP contribution in [-0.4, -0.2) is 34.9 Å². The SMILES string of the molecule is CCOC(=O)c1c(C)[nH]c(C(=O)N(CC)Cc2ccccc2)c1C. The summed E-state index contributed by atoms with van der Waals surface area (Å²) in [6, 6.07) is 9.85. The number of hydrogen-bond acceptors (Lipinski definition) is 3. The quantitative estimate of drug-likeness (QED) is 0.826. The number of nitrogens with one attached hydrogen (secondary N) is 1. The van der Waals surface area contributed by atoms with Gasteiger partial charge in [0, 0.05) is 18.8 Å². The largest absolute Gasteiger partial charge is 0.462 e. The highest BCUT2D eigenvalue weighted by Crippen LogP contribution is 2.21. The van der Waals surface area contributed by atoms with E-state index in [1.807, 2.05) is 37.3 Å². The second-order valence-corrected chi connectivity index (χ2v) is 5.65. The molecule has 0 spiro atoms. The van der Waals surface area contributed by atoms with Crippen LogP contribution in [0.1, 0.15) is 51.5 Å². The van der Waals surface area contributed by atoms with Crippen LogP contribution in [-0.2, 0) is 11.3 Å². The second kappa shape index (κ2) is 7.81. The Kier molecular flexibility index (Phi) is 5.79. The van der Waals surface area contributed by atoms with Gasteiger partial charge in [-0.15, -0.1) is 0 Å². The van der Waals surface area contributed by atoms with Gasteiger partial charge >= 0.3 is 5.97 Å². The smallest absolute Gasteiger partial charge is 0.340 e. The van der Waals surface area contributed by atoms with Gasteiger partial charge in [-0.1, -0.05) is 30.3 Å². The molecule has 24 heavy (non-hydrogen) atoms. The summed E-state index contributed by atoms with van der Waals surface area (Å²) >= 11 is 0. The molecule has 1 N–H and O–H groups in total. The maximum Gasteiger partial charge on any atom is 0.340 e. The van der Waals surface area contributed by atoms with Crippen LogP contribution in [0.25, 0.3) is 0 Å². The van der Waals surface area contributed by atoms with E-state index in [2.05, 4.69) is 4.98 Å². The molecule has 0 aliphatic rings. The highest BCUT2D eigenvalue weighted by Gasteiger charge is 2.25. The fraction of sp³-hybridized carbons (Fsp3) is 0.368. The summed E-state index contributed by atoms with van der Waals surface area (Å²) in [4.78, 5) is 29.8. The molecule has 1 heterocycles. The Labute approximate surface area is 142 Å². The van der Waals surface area contributed by atoms with E-state index in [9.17, 15) is 9.59 Å². The van der Waals surface area contributed by atoms with Crippen LogP contribution in [0.2, 0.25) is 0 Å². The molecule has 2 rings (SSSR count). The molecule has 5 nitrogen and oxygen atoms in total. The Balaban J connectivity index is 2.28. The zero-order chi connectivity index (χ0) is 17.7. The molecule has 1 amide bonds. The van der Waals surface area contributed by atoms with Crippen LogP contribution in [0.15, 0.2) is 30.3 Å². The number of aryl methyl sites for hydroxylation is 1. The number of nitrogens with zero attached hydrogens (tertiary/aromatic N) is 1. The number of benzene rings is 1. The first-order valence-corrected chi connectivity index (χ1v) is 8.19. The summed E-state index contributed by atoms with van der Waals surface area (Å²) in [7, 11) is 0. The van der Waals surface area contributed by atoms with Crippen LogP contribution in [0.5, 0.6) is 0 Å². The van der Waals surface area contributed by atoms with E-state index in [1.165, 1.54) is 0 Å². The molecule has 0 fully saturated rings. The molecule has 0 aliphatic carbocycles. The number of ether oxygens (including phenoxy) is 1. The number of rotatable bonds is 6. The fourth-order valence-electron chi connectivity index (χ4n) is 2.76. The molecule has 2 aromatic rings. The summed E-state index contributed by atoms with van der Waals surface area (Å²) in [6.07, 6.45) is 0. The second-order valence-electron chi connectivity index (χ2n) is 5.65. The zero-order valence-corrected chi connectivity index (χ0v) is 14.7. The number of esters is 1. The highest BCUT2D eigenvalue weighted by molar-refractivity contribution is 6.00. The van der Waals surface area contributed by atoms with Crippen molar-refractivity contribution in [3.63, 3.8) is 0 Å². The molecule has 1 aromatic heterocycles. The lowest BCUT2D eigenvalue weighted by molar-refractivity contribution is 0.0525. The Hall–Kier alpha value is -2.56. The van der Waals surface area contributed by atoms with Gasteiger partial charge < -0.3 is 14.6 Å². The lowest BCUT2D eigenvalue weighted by Crippen LogP contribution is -2.31. The van der Waals surface area contributed by atoms with Gasteiger partial charge in [0.2, 0.25) is 0 Å². The minimum Gasteiger partial charge on any atom is -0.462 e. The lowest BCUT2D eigenvalue weighted by atomic mass is 10.1. The van der Waals surface area contributed by atoms with Crippen LogP contribution < -0.4 is 0 Å². The summed E-state index contributed by atoms with van der Waals surface area (Å²) in [5.74, 6) is -0.508. The van der Waals surface area contributed by atoms with Gasteiger partial charge in [-0.25, -0.2) is 4.79 Å². The normalized spacial score (nSPS) is 10.5. The lowest BCUT2D eigenvalue weighted by Gasteiger charge is -2.21. The predicted octanol–water partition coefficient (Wildman–Crippen LogP) is 3.47. The predicted molar refractivity (Wildman–Crippen MR) is 93.1 cm³/mol. The standard InChI is InChI=1S/C19H24N2O3/c1-5-21(12-15-10-8-7-9-11-15)18(22)17-13(3)16(14(4)20-17)19(23)24-6-2/h7-11,20H,5-6,12H2,1-4H3. The minimum atomic E-state index is -0.395.